The molecule has 0 radical (unpaired) electrons. The van der Waals surface area contributed by atoms with Gasteiger partial charge in [0.25, 0.3) is 0 Å². The van der Waals surface area contributed by atoms with Crippen molar-refractivity contribution in [1.82, 2.24) is 9.88 Å². The Balaban J connectivity index is 1.92. The van der Waals surface area contributed by atoms with Crippen LogP contribution < -0.4 is 5.32 Å². The zero-order valence-corrected chi connectivity index (χ0v) is 11.8. The first-order chi connectivity index (χ1) is 9.07. The number of aromatic nitrogens is 1. The summed E-state index contributed by atoms with van der Waals surface area (Å²) in [5.74, 6) is 0.429. The Kier molecular flexibility index (Phi) is 4.73. The van der Waals surface area contributed by atoms with Gasteiger partial charge < -0.3 is 10.1 Å². The maximum absolute atomic E-state index is 11.6. The molecule has 2 rings (SSSR count). The van der Waals surface area contributed by atoms with Crippen molar-refractivity contribution >= 4 is 15.7 Å². The minimum atomic E-state index is -3.25. The second kappa shape index (κ2) is 6.31. The third kappa shape index (κ3) is 4.15. The van der Waals surface area contributed by atoms with E-state index in [1.165, 1.54) is 6.26 Å². The first-order valence-electron chi connectivity index (χ1n) is 6.26. The summed E-state index contributed by atoms with van der Waals surface area (Å²) in [7, 11) is -3.25. The number of rotatable bonds is 5. The molecule has 1 aromatic heterocycles. The number of hydrogen-bond donors (Lipinski definition) is 1. The second-order valence-corrected chi connectivity index (χ2v) is 6.49. The highest BCUT2D eigenvalue weighted by Gasteiger charge is 2.14. The second-order valence-electron chi connectivity index (χ2n) is 4.50. The van der Waals surface area contributed by atoms with Gasteiger partial charge in [-0.25, -0.2) is 13.4 Å². The molecule has 0 aromatic carbocycles. The summed E-state index contributed by atoms with van der Waals surface area (Å²) in [5.41, 5.74) is 0. The van der Waals surface area contributed by atoms with Gasteiger partial charge in [0.1, 0.15) is 10.7 Å². The van der Waals surface area contributed by atoms with Crippen molar-refractivity contribution in [1.29, 1.82) is 0 Å². The Morgan fingerprint density at radius 2 is 2.16 bits per heavy atom. The standard InChI is InChI=1S/C12H19N3O3S/c1-19(16,17)11-3-2-4-13-12(11)14-5-6-15-7-9-18-10-8-15/h2-4H,5-10H2,1H3,(H,13,14). The predicted molar refractivity (Wildman–Crippen MR) is 73.1 cm³/mol. The van der Waals surface area contributed by atoms with E-state index in [4.69, 9.17) is 4.74 Å². The smallest absolute Gasteiger partial charge is 0.179 e. The molecule has 1 aliphatic heterocycles. The van der Waals surface area contributed by atoms with Crippen LogP contribution in [0.15, 0.2) is 23.2 Å². The molecule has 1 aliphatic rings. The number of morpholine rings is 1. The van der Waals surface area contributed by atoms with Crippen LogP contribution in [0, 0.1) is 0 Å². The highest BCUT2D eigenvalue weighted by atomic mass is 32.2. The van der Waals surface area contributed by atoms with Gasteiger partial charge in [0, 0.05) is 38.6 Å². The Morgan fingerprint density at radius 3 is 2.84 bits per heavy atom. The van der Waals surface area contributed by atoms with Crippen molar-refractivity contribution in [3.05, 3.63) is 18.3 Å². The van der Waals surface area contributed by atoms with Crippen molar-refractivity contribution in [3.8, 4) is 0 Å². The lowest BCUT2D eigenvalue weighted by Crippen LogP contribution is -2.39. The minimum Gasteiger partial charge on any atom is -0.379 e. The SMILES string of the molecule is CS(=O)(=O)c1cccnc1NCCN1CCOCC1. The van der Waals surface area contributed by atoms with Crippen LogP contribution in [0.3, 0.4) is 0 Å². The third-order valence-corrected chi connectivity index (χ3v) is 4.12. The molecule has 0 saturated carbocycles. The number of ether oxygens (including phenoxy) is 1. The van der Waals surface area contributed by atoms with Crippen molar-refractivity contribution in [2.75, 3.05) is 51.0 Å². The first-order valence-corrected chi connectivity index (χ1v) is 8.15. The molecule has 1 saturated heterocycles. The van der Waals surface area contributed by atoms with Gasteiger partial charge in [-0.05, 0) is 12.1 Å². The molecular formula is C12H19N3O3S. The minimum absolute atomic E-state index is 0.247. The maximum atomic E-state index is 11.6. The fourth-order valence-electron chi connectivity index (χ4n) is 1.98. The van der Waals surface area contributed by atoms with E-state index >= 15 is 0 Å². The van der Waals surface area contributed by atoms with Crippen LogP contribution in [-0.2, 0) is 14.6 Å². The number of pyridine rings is 1. The topological polar surface area (TPSA) is 71.5 Å². The predicted octanol–water partition coefficient (Wildman–Crippen LogP) is 0.229. The number of sulfone groups is 1. The van der Waals surface area contributed by atoms with Crippen LogP contribution in [0.1, 0.15) is 0 Å². The fraction of sp³-hybridized carbons (Fsp3) is 0.583. The molecule has 0 atom stereocenters. The lowest BCUT2D eigenvalue weighted by atomic mass is 10.4. The van der Waals surface area contributed by atoms with Crippen molar-refractivity contribution in [2.24, 2.45) is 0 Å². The van der Waals surface area contributed by atoms with Gasteiger partial charge in [-0.15, -0.1) is 0 Å². The third-order valence-electron chi connectivity index (χ3n) is 2.99. The Labute approximate surface area is 113 Å². The molecule has 19 heavy (non-hydrogen) atoms. The molecule has 2 heterocycles. The van der Waals surface area contributed by atoms with Crippen LogP contribution in [0.25, 0.3) is 0 Å². The fourth-order valence-corrected chi connectivity index (χ4v) is 2.78. The molecule has 1 aromatic rings. The van der Waals surface area contributed by atoms with E-state index in [-0.39, 0.29) is 4.90 Å². The molecule has 0 unspecified atom stereocenters. The monoisotopic (exact) mass is 285 g/mol. The molecule has 0 bridgehead atoms. The van der Waals surface area contributed by atoms with E-state index < -0.39 is 9.84 Å². The Morgan fingerprint density at radius 1 is 1.42 bits per heavy atom. The molecular weight excluding hydrogens is 266 g/mol. The van der Waals surface area contributed by atoms with Crippen LogP contribution in [0.2, 0.25) is 0 Å². The summed E-state index contributed by atoms with van der Waals surface area (Å²) >= 11 is 0. The summed E-state index contributed by atoms with van der Waals surface area (Å²) < 4.78 is 28.5. The van der Waals surface area contributed by atoms with Gasteiger partial charge in [0.2, 0.25) is 0 Å². The number of nitrogens with one attached hydrogen (secondary N) is 1. The molecule has 106 valence electrons. The van der Waals surface area contributed by atoms with Crippen LogP contribution >= 0.6 is 0 Å². The average molecular weight is 285 g/mol. The summed E-state index contributed by atoms with van der Waals surface area (Å²) in [6, 6.07) is 3.20. The van der Waals surface area contributed by atoms with Crippen LogP contribution in [-0.4, -0.2) is 64.0 Å². The Bertz CT molecular complexity index is 513. The lowest BCUT2D eigenvalue weighted by Gasteiger charge is -2.26. The van der Waals surface area contributed by atoms with Crippen LogP contribution in [0.5, 0.6) is 0 Å². The molecule has 1 fully saturated rings. The molecule has 0 aliphatic carbocycles. The first kappa shape index (κ1) is 14.2. The molecule has 0 amide bonds. The van der Waals surface area contributed by atoms with Gasteiger partial charge in [-0.3, -0.25) is 4.90 Å². The number of anilines is 1. The summed E-state index contributed by atoms with van der Waals surface area (Å²) in [5, 5.41) is 3.09. The quantitative estimate of drug-likeness (QED) is 0.835. The van der Waals surface area contributed by atoms with E-state index in [1.807, 2.05) is 0 Å². The largest absolute Gasteiger partial charge is 0.379 e. The van der Waals surface area contributed by atoms with E-state index in [2.05, 4.69) is 15.2 Å². The number of hydrogen-bond acceptors (Lipinski definition) is 6. The van der Waals surface area contributed by atoms with Gasteiger partial charge in [-0.1, -0.05) is 0 Å². The summed E-state index contributed by atoms with van der Waals surface area (Å²) in [6.45, 7) is 4.88. The van der Waals surface area contributed by atoms with Crippen LogP contribution in [0.4, 0.5) is 5.82 Å². The van der Waals surface area contributed by atoms with Gasteiger partial charge in [0.15, 0.2) is 9.84 Å². The molecule has 7 heteroatoms. The van der Waals surface area contributed by atoms with Gasteiger partial charge in [-0.2, -0.15) is 0 Å². The van der Waals surface area contributed by atoms with E-state index in [1.54, 1.807) is 18.3 Å². The molecule has 1 N–H and O–H groups in total. The zero-order chi connectivity index (χ0) is 13.7. The van der Waals surface area contributed by atoms with Crippen molar-refractivity contribution in [2.45, 2.75) is 4.90 Å². The highest BCUT2D eigenvalue weighted by Crippen LogP contribution is 2.17. The van der Waals surface area contributed by atoms with Gasteiger partial charge >= 0.3 is 0 Å². The molecule has 6 nitrogen and oxygen atoms in total. The lowest BCUT2D eigenvalue weighted by molar-refractivity contribution is 0.0398. The summed E-state index contributed by atoms with van der Waals surface area (Å²) in [4.78, 5) is 6.62. The summed E-state index contributed by atoms with van der Waals surface area (Å²) in [6.07, 6.45) is 2.78. The zero-order valence-electron chi connectivity index (χ0n) is 11.0. The van der Waals surface area contributed by atoms with Crippen molar-refractivity contribution in [3.63, 3.8) is 0 Å². The van der Waals surface area contributed by atoms with E-state index in [0.29, 0.717) is 12.4 Å². The molecule has 0 spiro atoms. The van der Waals surface area contributed by atoms with E-state index in [9.17, 15) is 8.42 Å². The number of nitrogens with zero attached hydrogens (tertiary/aromatic N) is 2. The average Bonchev–Trinajstić information content (AvgIpc) is 2.39. The maximum Gasteiger partial charge on any atom is 0.179 e. The van der Waals surface area contributed by atoms with E-state index in [0.717, 1.165) is 32.8 Å². The van der Waals surface area contributed by atoms with Crippen molar-refractivity contribution < 1.29 is 13.2 Å². The Hall–Kier alpha value is -1.18. The highest BCUT2D eigenvalue weighted by molar-refractivity contribution is 7.90. The van der Waals surface area contributed by atoms with Gasteiger partial charge in [0.05, 0.1) is 13.2 Å². The normalized spacial score (nSPS) is 17.3.